The third kappa shape index (κ3) is 1.17. The number of fused-ring (bicyclic) bond motifs is 2. The van der Waals surface area contributed by atoms with Gasteiger partial charge >= 0.3 is 0 Å². The fourth-order valence-corrected chi connectivity index (χ4v) is 2.34. The quantitative estimate of drug-likeness (QED) is 0.581. The van der Waals surface area contributed by atoms with Crippen LogP contribution in [0, 0.1) is 11.8 Å². The molecule has 0 aromatic rings. The Balaban J connectivity index is 1.88. The van der Waals surface area contributed by atoms with Gasteiger partial charge in [-0.1, -0.05) is 0 Å². The van der Waals surface area contributed by atoms with Gasteiger partial charge in [0.2, 0.25) is 0 Å². The molecular weight excluding hydrogens is 140 g/mol. The summed E-state index contributed by atoms with van der Waals surface area (Å²) in [6.45, 7) is 4.97. The van der Waals surface area contributed by atoms with E-state index in [-0.39, 0.29) is 0 Å². The number of ether oxygens (including phenoxy) is 1. The summed E-state index contributed by atoms with van der Waals surface area (Å²) < 4.78 is 5.61. The van der Waals surface area contributed by atoms with Crippen molar-refractivity contribution in [3.8, 4) is 0 Å². The van der Waals surface area contributed by atoms with Crippen LogP contribution in [0.3, 0.4) is 0 Å². The Morgan fingerprint density at radius 2 is 2.09 bits per heavy atom. The maximum absolute atomic E-state index is 5.69. The summed E-state index contributed by atoms with van der Waals surface area (Å²) in [5, 5.41) is 1.92. The third-order valence-corrected chi connectivity index (χ3v) is 2.83. The van der Waals surface area contributed by atoms with Crippen molar-refractivity contribution in [1.82, 2.24) is 5.01 Å². The van der Waals surface area contributed by atoms with Crippen molar-refractivity contribution in [3.63, 3.8) is 0 Å². The van der Waals surface area contributed by atoms with Crippen LogP contribution >= 0.6 is 0 Å². The van der Waals surface area contributed by atoms with E-state index >= 15 is 0 Å². The maximum Gasteiger partial charge on any atom is 0.0657 e. The average molecular weight is 156 g/mol. The number of nitrogens with two attached hydrogens (primary N) is 1. The van der Waals surface area contributed by atoms with E-state index in [0.717, 1.165) is 31.5 Å². The van der Waals surface area contributed by atoms with Gasteiger partial charge in [-0.05, 0) is 25.2 Å². The average Bonchev–Trinajstić information content (AvgIpc) is 2.00. The minimum absolute atomic E-state index is 0.528. The predicted molar refractivity (Wildman–Crippen MR) is 42.8 cm³/mol. The molecule has 0 radical (unpaired) electrons. The highest BCUT2D eigenvalue weighted by Crippen LogP contribution is 2.40. The van der Waals surface area contributed by atoms with Crippen molar-refractivity contribution in [3.05, 3.63) is 0 Å². The Labute approximate surface area is 67.5 Å². The van der Waals surface area contributed by atoms with Crippen LogP contribution in [0.25, 0.3) is 0 Å². The van der Waals surface area contributed by atoms with Crippen molar-refractivity contribution >= 4 is 0 Å². The first-order valence-corrected chi connectivity index (χ1v) is 4.42. The molecule has 0 spiro atoms. The van der Waals surface area contributed by atoms with Crippen molar-refractivity contribution < 1.29 is 4.74 Å². The van der Waals surface area contributed by atoms with Gasteiger partial charge in [0, 0.05) is 19.7 Å². The van der Waals surface area contributed by atoms with Gasteiger partial charge in [-0.3, -0.25) is 5.84 Å². The van der Waals surface area contributed by atoms with Crippen molar-refractivity contribution in [2.75, 3.05) is 19.7 Å². The van der Waals surface area contributed by atoms with E-state index in [2.05, 4.69) is 6.92 Å². The molecule has 1 aliphatic carbocycles. The first-order valence-electron chi connectivity index (χ1n) is 4.42. The number of hydrazine groups is 1. The van der Waals surface area contributed by atoms with Crippen molar-refractivity contribution in [1.29, 1.82) is 0 Å². The first-order chi connectivity index (χ1) is 5.31. The zero-order chi connectivity index (χ0) is 7.84. The molecule has 11 heavy (non-hydrogen) atoms. The zero-order valence-corrected chi connectivity index (χ0v) is 6.99. The lowest BCUT2D eigenvalue weighted by Gasteiger charge is -2.51. The van der Waals surface area contributed by atoms with E-state index in [1.807, 2.05) is 5.01 Å². The molecule has 2 unspecified atom stereocenters. The molecule has 2 saturated heterocycles. The monoisotopic (exact) mass is 156 g/mol. The molecule has 2 aliphatic heterocycles. The Kier molecular flexibility index (Phi) is 1.87. The van der Waals surface area contributed by atoms with Crippen LogP contribution in [-0.4, -0.2) is 30.8 Å². The lowest BCUT2D eigenvalue weighted by Crippen LogP contribution is -2.61. The van der Waals surface area contributed by atoms with Gasteiger partial charge in [0.05, 0.1) is 6.10 Å². The standard InChI is InChI=1S/C8H16N2O/c1-2-11-8-6-3-7(8)5-10(9)4-6/h6-8H,2-5,9H2,1H3. The van der Waals surface area contributed by atoms with E-state index in [1.165, 1.54) is 6.42 Å². The van der Waals surface area contributed by atoms with Gasteiger partial charge in [-0.15, -0.1) is 0 Å². The van der Waals surface area contributed by atoms with Gasteiger partial charge < -0.3 is 4.74 Å². The Morgan fingerprint density at radius 3 is 2.64 bits per heavy atom. The molecule has 0 amide bonds. The van der Waals surface area contributed by atoms with E-state index in [0.29, 0.717) is 6.10 Å². The summed E-state index contributed by atoms with van der Waals surface area (Å²) >= 11 is 0. The molecule has 3 fully saturated rings. The maximum atomic E-state index is 5.69. The number of piperidine rings is 2. The topological polar surface area (TPSA) is 38.5 Å². The normalized spacial score (nSPS) is 43.6. The molecule has 0 aromatic carbocycles. The van der Waals surface area contributed by atoms with Gasteiger partial charge in [-0.2, -0.15) is 0 Å². The van der Waals surface area contributed by atoms with Crippen LogP contribution in [-0.2, 0) is 4.74 Å². The second-order valence-electron chi connectivity index (χ2n) is 3.63. The van der Waals surface area contributed by atoms with E-state index < -0.39 is 0 Å². The van der Waals surface area contributed by atoms with Gasteiger partial charge in [-0.25, -0.2) is 5.01 Å². The minimum Gasteiger partial charge on any atom is -0.378 e. The van der Waals surface area contributed by atoms with Crippen molar-refractivity contribution in [2.45, 2.75) is 19.4 Å². The molecule has 2 atom stereocenters. The number of rotatable bonds is 2. The van der Waals surface area contributed by atoms with Crippen LogP contribution in [0.2, 0.25) is 0 Å². The third-order valence-electron chi connectivity index (χ3n) is 2.83. The summed E-state index contributed by atoms with van der Waals surface area (Å²) in [6, 6.07) is 0. The van der Waals surface area contributed by atoms with Gasteiger partial charge in [0.1, 0.15) is 0 Å². The molecule has 3 rings (SSSR count). The SMILES string of the molecule is CCOC1C2CC1CN(N)C2. The van der Waals surface area contributed by atoms with Gasteiger partial charge in [0.25, 0.3) is 0 Å². The largest absolute Gasteiger partial charge is 0.378 e. The van der Waals surface area contributed by atoms with Crippen LogP contribution in [0.4, 0.5) is 0 Å². The molecular formula is C8H16N2O. The Hall–Kier alpha value is -0.120. The zero-order valence-electron chi connectivity index (χ0n) is 6.99. The summed E-state index contributed by atoms with van der Waals surface area (Å²) in [5.74, 6) is 7.13. The lowest BCUT2D eigenvalue weighted by atomic mass is 9.68. The molecule has 64 valence electrons. The van der Waals surface area contributed by atoms with E-state index in [1.54, 1.807) is 0 Å². The predicted octanol–water partition coefficient (Wildman–Crippen LogP) is 0.217. The summed E-state index contributed by atoms with van der Waals surface area (Å²) in [5.41, 5.74) is 0. The molecule has 1 saturated carbocycles. The first kappa shape index (κ1) is 7.53. The summed E-state index contributed by atoms with van der Waals surface area (Å²) in [6.07, 6.45) is 1.86. The van der Waals surface area contributed by atoms with Crippen LogP contribution < -0.4 is 5.84 Å². The number of hydrogen-bond acceptors (Lipinski definition) is 3. The van der Waals surface area contributed by atoms with Crippen LogP contribution in [0.1, 0.15) is 13.3 Å². The molecule has 2 heterocycles. The Bertz CT molecular complexity index is 139. The van der Waals surface area contributed by atoms with E-state index in [4.69, 9.17) is 10.6 Å². The van der Waals surface area contributed by atoms with Crippen molar-refractivity contribution in [2.24, 2.45) is 17.7 Å². The van der Waals surface area contributed by atoms with Crippen LogP contribution in [0.5, 0.6) is 0 Å². The Morgan fingerprint density at radius 1 is 1.45 bits per heavy atom. The molecule has 3 heteroatoms. The van der Waals surface area contributed by atoms with Gasteiger partial charge in [0.15, 0.2) is 0 Å². The fourth-order valence-electron chi connectivity index (χ4n) is 2.34. The second-order valence-corrected chi connectivity index (χ2v) is 3.63. The molecule has 2 bridgehead atoms. The lowest BCUT2D eigenvalue weighted by molar-refractivity contribution is -0.140. The number of hydrogen-bond donors (Lipinski definition) is 1. The highest BCUT2D eigenvalue weighted by Gasteiger charge is 2.46. The number of nitrogens with zero attached hydrogens (tertiary/aromatic N) is 1. The molecule has 3 nitrogen and oxygen atoms in total. The molecule has 2 N–H and O–H groups in total. The summed E-state index contributed by atoms with van der Waals surface area (Å²) in [7, 11) is 0. The van der Waals surface area contributed by atoms with E-state index in [9.17, 15) is 0 Å². The highest BCUT2D eigenvalue weighted by atomic mass is 16.5. The molecule has 3 aliphatic rings. The second kappa shape index (κ2) is 2.73. The highest BCUT2D eigenvalue weighted by molar-refractivity contribution is 4.96. The van der Waals surface area contributed by atoms with Crippen LogP contribution in [0.15, 0.2) is 0 Å². The summed E-state index contributed by atoms with van der Waals surface area (Å²) in [4.78, 5) is 0. The fraction of sp³-hybridized carbons (Fsp3) is 1.00. The molecule has 0 aromatic heterocycles. The smallest absolute Gasteiger partial charge is 0.0657 e. The minimum atomic E-state index is 0.528.